The van der Waals surface area contributed by atoms with E-state index in [1.54, 1.807) is 6.08 Å². The summed E-state index contributed by atoms with van der Waals surface area (Å²) in [5.41, 5.74) is 2.77. The molecular weight excluding hydrogens is 220 g/mol. The maximum atomic E-state index is 10.7. The van der Waals surface area contributed by atoms with Crippen LogP contribution in [0.5, 0.6) is 0 Å². The van der Waals surface area contributed by atoms with E-state index >= 15 is 0 Å². The summed E-state index contributed by atoms with van der Waals surface area (Å²) in [7, 11) is 0. The van der Waals surface area contributed by atoms with Crippen LogP contribution >= 0.6 is 0 Å². The van der Waals surface area contributed by atoms with Crippen molar-refractivity contribution in [3.63, 3.8) is 0 Å². The molecule has 0 saturated carbocycles. The number of rotatable bonds is 2. The normalized spacial score (nSPS) is 35.4. The molecule has 1 aromatic carbocycles. The van der Waals surface area contributed by atoms with Crippen LogP contribution in [0.4, 0.5) is 0 Å². The first-order valence-corrected chi connectivity index (χ1v) is 6.74. The first kappa shape index (κ1) is 13.1. The molecule has 0 radical (unpaired) electrons. The summed E-state index contributed by atoms with van der Waals surface area (Å²) in [6.07, 6.45) is 4.60. The molecular formula is C17H22O. The third-order valence-electron chi connectivity index (χ3n) is 5.08. The lowest BCUT2D eigenvalue weighted by molar-refractivity contribution is -0.104. The van der Waals surface area contributed by atoms with E-state index in [-0.39, 0.29) is 5.41 Å². The molecule has 0 bridgehead atoms. The van der Waals surface area contributed by atoms with Crippen LogP contribution in [-0.4, -0.2) is 6.29 Å². The van der Waals surface area contributed by atoms with Gasteiger partial charge in [0.2, 0.25) is 0 Å². The number of benzene rings is 1. The van der Waals surface area contributed by atoms with Gasteiger partial charge in [0.05, 0.1) is 0 Å². The Kier molecular flexibility index (Phi) is 3.43. The molecule has 0 amide bonds. The molecule has 4 unspecified atom stereocenters. The molecule has 0 saturated heterocycles. The molecule has 0 aliphatic heterocycles. The monoisotopic (exact) mass is 242 g/mol. The second kappa shape index (κ2) is 4.72. The second-order valence-corrected chi connectivity index (χ2v) is 5.80. The summed E-state index contributed by atoms with van der Waals surface area (Å²) in [6.45, 7) is 9.17. The minimum atomic E-state index is -0.0383. The van der Waals surface area contributed by atoms with E-state index in [4.69, 9.17) is 0 Å². The van der Waals surface area contributed by atoms with Crippen LogP contribution in [0.3, 0.4) is 0 Å². The Bertz CT molecular complexity index is 474. The number of carbonyl (C=O) groups excluding carboxylic acids is 1. The predicted octanol–water partition coefficient (Wildman–Crippen LogP) is 4.09. The molecule has 0 heterocycles. The third kappa shape index (κ3) is 1.82. The first-order valence-electron chi connectivity index (χ1n) is 6.74. The van der Waals surface area contributed by atoms with E-state index in [0.29, 0.717) is 17.8 Å². The molecule has 0 N–H and O–H groups in total. The van der Waals surface area contributed by atoms with Crippen molar-refractivity contribution in [2.45, 2.75) is 39.0 Å². The summed E-state index contributed by atoms with van der Waals surface area (Å²) in [4.78, 5) is 10.7. The average Bonchev–Trinajstić information content (AvgIpc) is 2.41. The largest absolute Gasteiger partial charge is 0.299 e. The maximum Gasteiger partial charge on any atom is 0.142 e. The summed E-state index contributed by atoms with van der Waals surface area (Å²) in [5, 5.41) is 0. The molecule has 1 aliphatic carbocycles. The van der Waals surface area contributed by atoms with Crippen LogP contribution < -0.4 is 0 Å². The standard InChI is InChI=1S/C17H22O/c1-12-13(2)15-8-5-6-9-16(15)17(4,14(12)3)10-7-11-18/h5-14H,1-4H3. The molecule has 96 valence electrons. The lowest BCUT2D eigenvalue weighted by Crippen LogP contribution is -2.40. The average molecular weight is 242 g/mol. The molecule has 18 heavy (non-hydrogen) atoms. The van der Waals surface area contributed by atoms with E-state index in [9.17, 15) is 4.79 Å². The van der Waals surface area contributed by atoms with Gasteiger partial charge in [-0.3, -0.25) is 4.79 Å². The van der Waals surface area contributed by atoms with Gasteiger partial charge in [0.1, 0.15) is 6.29 Å². The Hall–Kier alpha value is -1.37. The van der Waals surface area contributed by atoms with Crippen LogP contribution in [0.25, 0.3) is 0 Å². The van der Waals surface area contributed by atoms with Gasteiger partial charge in [-0.15, -0.1) is 0 Å². The van der Waals surface area contributed by atoms with Gasteiger partial charge in [-0.05, 0) is 35.0 Å². The van der Waals surface area contributed by atoms with Gasteiger partial charge in [-0.25, -0.2) is 0 Å². The molecule has 1 aliphatic rings. The fraction of sp³-hybridized carbons (Fsp3) is 0.471. The lowest BCUT2D eigenvalue weighted by atomic mass is 9.58. The molecule has 4 atom stereocenters. The smallest absolute Gasteiger partial charge is 0.142 e. The Balaban J connectivity index is 2.62. The van der Waals surface area contributed by atoms with Crippen molar-refractivity contribution in [3.05, 3.63) is 47.5 Å². The third-order valence-corrected chi connectivity index (χ3v) is 5.08. The zero-order valence-electron chi connectivity index (χ0n) is 11.7. The highest BCUT2D eigenvalue weighted by Gasteiger charge is 2.42. The zero-order valence-corrected chi connectivity index (χ0v) is 11.7. The van der Waals surface area contributed by atoms with E-state index in [1.807, 2.05) is 0 Å². The van der Waals surface area contributed by atoms with Crippen molar-refractivity contribution in [3.8, 4) is 0 Å². The molecule has 2 rings (SSSR count). The van der Waals surface area contributed by atoms with Crippen LogP contribution in [-0.2, 0) is 10.2 Å². The summed E-state index contributed by atoms with van der Waals surface area (Å²) in [6, 6.07) is 8.65. The molecule has 0 spiro atoms. The SMILES string of the molecule is CC1c2ccccc2C(C)(C=CC=O)C(C)C1C. The Morgan fingerprint density at radius 3 is 2.50 bits per heavy atom. The fourth-order valence-corrected chi connectivity index (χ4v) is 3.37. The topological polar surface area (TPSA) is 17.1 Å². The summed E-state index contributed by atoms with van der Waals surface area (Å²) in [5.74, 6) is 1.72. The van der Waals surface area contributed by atoms with E-state index in [0.717, 1.165) is 6.29 Å². The van der Waals surface area contributed by atoms with Gasteiger partial charge >= 0.3 is 0 Å². The predicted molar refractivity (Wildman–Crippen MR) is 75.7 cm³/mol. The molecule has 0 aromatic heterocycles. The molecule has 1 aromatic rings. The molecule has 0 fully saturated rings. The number of aldehydes is 1. The van der Waals surface area contributed by atoms with Crippen LogP contribution in [0, 0.1) is 11.8 Å². The quantitative estimate of drug-likeness (QED) is 0.564. The number of hydrogen-bond acceptors (Lipinski definition) is 1. The van der Waals surface area contributed by atoms with E-state index in [2.05, 4.69) is 58.0 Å². The minimum absolute atomic E-state index is 0.0383. The van der Waals surface area contributed by atoms with Gasteiger partial charge in [-0.2, -0.15) is 0 Å². The number of hydrogen-bond donors (Lipinski definition) is 0. The van der Waals surface area contributed by atoms with Gasteiger partial charge in [0.15, 0.2) is 0 Å². The van der Waals surface area contributed by atoms with Gasteiger partial charge < -0.3 is 0 Å². The Labute approximate surface area is 110 Å². The summed E-state index contributed by atoms with van der Waals surface area (Å²) >= 11 is 0. The lowest BCUT2D eigenvalue weighted by Gasteiger charge is -2.46. The minimum Gasteiger partial charge on any atom is -0.299 e. The zero-order chi connectivity index (χ0) is 13.3. The summed E-state index contributed by atoms with van der Waals surface area (Å²) < 4.78 is 0. The fourth-order valence-electron chi connectivity index (χ4n) is 3.37. The van der Waals surface area contributed by atoms with Gasteiger partial charge in [-0.1, -0.05) is 58.0 Å². The second-order valence-electron chi connectivity index (χ2n) is 5.80. The Morgan fingerprint density at radius 1 is 1.17 bits per heavy atom. The van der Waals surface area contributed by atoms with Crippen molar-refractivity contribution in [2.75, 3.05) is 0 Å². The van der Waals surface area contributed by atoms with Crippen molar-refractivity contribution in [2.24, 2.45) is 11.8 Å². The van der Waals surface area contributed by atoms with Crippen LogP contribution in [0.1, 0.15) is 44.7 Å². The van der Waals surface area contributed by atoms with Crippen molar-refractivity contribution in [1.82, 2.24) is 0 Å². The molecule has 1 heteroatoms. The van der Waals surface area contributed by atoms with Gasteiger partial charge in [0.25, 0.3) is 0 Å². The van der Waals surface area contributed by atoms with E-state index in [1.165, 1.54) is 11.1 Å². The molecule has 1 nitrogen and oxygen atoms in total. The van der Waals surface area contributed by atoms with E-state index < -0.39 is 0 Å². The highest BCUT2D eigenvalue weighted by molar-refractivity contribution is 5.65. The highest BCUT2D eigenvalue weighted by atomic mass is 16.1. The maximum absolute atomic E-state index is 10.7. The van der Waals surface area contributed by atoms with Crippen LogP contribution in [0.15, 0.2) is 36.4 Å². The number of carbonyl (C=O) groups is 1. The van der Waals surface area contributed by atoms with Crippen LogP contribution in [0.2, 0.25) is 0 Å². The Morgan fingerprint density at radius 2 is 1.83 bits per heavy atom. The van der Waals surface area contributed by atoms with Gasteiger partial charge in [0, 0.05) is 5.41 Å². The number of allylic oxidation sites excluding steroid dienone is 2. The van der Waals surface area contributed by atoms with Crippen molar-refractivity contribution in [1.29, 1.82) is 0 Å². The highest BCUT2D eigenvalue weighted by Crippen LogP contribution is 2.50. The number of fused-ring (bicyclic) bond motifs is 1. The van der Waals surface area contributed by atoms with Crippen molar-refractivity contribution < 1.29 is 4.79 Å². The van der Waals surface area contributed by atoms with Crippen molar-refractivity contribution >= 4 is 6.29 Å². The first-order chi connectivity index (χ1) is 8.52.